The smallest absolute Gasteiger partial charge is 0.0568 e. The first-order valence-corrected chi connectivity index (χ1v) is 8.96. The van der Waals surface area contributed by atoms with Gasteiger partial charge < -0.3 is 5.11 Å². The lowest BCUT2D eigenvalue weighted by atomic mass is 9.76. The van der Waals surface area contributed by atoms with E-state index in [0.29, 0.717) is 5.92 Å². The highest BCUT2D eigenvalue weighted by molar-refractivity contribution is 4.79. The molecule has 0 saturated heterocycles. The third-order valence-corrected chi connectivity index (χ3v) is 5.06. The van der Waals surface area contributed by atoms with Crippen LogP contribution >= 0.6 is 0 Å². The van der Waals surface area contributed by atoms with Gasteiger partial charge in [-0.25, -0.2) is 0 Å². The van der Waals surface area contributed by atoms with Crippen LogP contribution in [0.25, 0.3) is 0 Å². The molecule has 1 aliphatic carbocycles. The molecule has 1 rings (SSSR count). The second kappa shape index (κ2) is 10.7. The van der Waals surface area contributed by atoms with Gasteiger partial charge in [0, 0.05) is 0 Å². The van der Waals surface area contributed by atoms with Crippen molar-refractivity contribution in [3.63, 3.8) is 0 Å². The molecule has 0 radical (unpaired) electrons. The van der Waals surface area contributed by atoms with E-state index >= 15 is 0 Å². The van der Waals surface area contributed by atoms with Gasteiger partial charge in [0.25, 0.3) is 0 Å². The van der Waals surface area contributed by atoms with E-state index in [1.165, 1.54) is 77.0 Å². The van der Waals surface area contributed by atoms with Crippen LogP contribution in [0.5, 0.6) is 0 Å². The third-order valence-electron chi connectivity index (χ3n) is 5.06. The molecule has 114 valence electrons. The molecular formula is C18H36O. The van der Waals surface area contributed by atoms with Gasteiger partial charge in [-0.1, -0.05) is 71.6 Å². The summed E-state index contributed by atoms with van der Waals surface area (Å²) in [6.07, 6.45) is 17.3. The van der Waals surface area contributed by atoms with Crippen LogP contribution in [0, 0.1) is 11.8 Å². The van der Waals surface area contributed by atoms with Gasteiger partial charge in [-0.05, 0) is 37.5 Å². The van der Waals surface area contributed by atoms with E-state index in [2.05, 4.69) is 13.8 Å². The fraction of sp³-hybridized carbons (Fsp3) is 1.00. The molecule has 3 unspecified atom stereocenters. The molecule has 1 saturated carbocycles. The fourth-order valence-corrected chi connectivity index (χ4v) is 3.57. The maximum absolute atomic E-state index is 10.1. The highest BCUT2D eigenvalue weighted by atomic mass is 16.3. The Kier molecular flexibility index (Phi) is 9.59. The van der Waals surface area contributed by atoms with Crippen LogP contribution in [0.4, 0.5) is 0 Å². The van der Waals surface area contributed by atoms with Gasteiger partial charge in [-0.15, -0.1) is 0 Å². The molecule has 0 aliphatic heterocycles. The van der Waals surface area contributed by atoms with Crippen LogP contribution in [-0.4, -0.2) is 11.2 Å². The minimum absolute atomic E-state index is 0.00681. The Morgan fingerprint density at radius 3 is 2.11 bits per heavy atom. The van der Waals surface area contributed by atoms with E-state index in [0.717, 1.165) is 12.3 Å². The first-order valence-electron chi connectivity index (χ1n) is 8.96. The minimum Gasteiger partial charge on any atom is -0.393 e. The summed E-state index contributed by atoms with van der Waals surface area (Å²) in [5.74, 6) is 1.50. The van der Waals surface area contributed by atoms with Gasteiger partial charge in [0.05, 0.1) is 6.10 Å². The van der Waals surface area contributed by atoms with Crippen LogP contribution in [0.15, 0.2) is 0 Å². The fourth-order valence-electron chi connectivity index (χ4n) is 3.57. The summed E-state index contributed by atoms with van der Waals surface area (Å²) < 4.78 is 0. The summed E-state index contributed by atoms with van der Waals surface area (Å²) in [4.78, 5) is 0. The number of rotatable bonds is 10. The molecule has 0 spiro atoms. The summed E-state index contributed by atoms with van der Waals surface area (Å²) in [7, 11) is 0. The number of hydrogen-bond donors (Lipinski definition) is 1. The van der Waals surface area contributed by atoms with E-state index in [-0.39, 0.29) is 6.10 Å². The van der Waals surface area contributed by atoms with Crippen LogP contribution < -0.4 is 0 Å². The number of hydrogen-bond acceptors (Lipinski definition) is 1. The van der Waals surface area contributed by atoms with Gasteiger partial charge in [-0.3, -0.25) is 0 Å². The Bertz CT molecular complexity index is 202. The summed E-state index contributed by atoms with van der Waals surface area (Å²) in [5, 5.41) is 10.1. The minimum atomic E-state index is 0.00681. The monoisotopic (exact) mass is 268 g/mol. The van der Waals surface area contributed by atoms with Crippen LogP contribution in [0.3, 0.4) is 0 Å². The zero-order chi connectivity index (χ0) is 13.9. The Labute approximate surface area is 121 Å². The first-order chi connectivity index (χ1) is 9.27. The van der Waals surface area contributed by atoms with E-state index in [1.54, 1.807) is 0 Å². The summed E-state index contributed by atoms with van der Waals surface area (Å²) >= 11 is 0. The average Bonchev–Trinajstić information content (AvgIpc) is 2.43. The SMILES string of the molecule is CCCCCCCCCCC1CC(CC)CCC1O. The van der Waals surface area contributed by atoms with Gasteiger partial charge in [0.15, 0.2) is 0 Å². The second-order valence-electron chi connectivity index (χ2n) is 6.68. The van der Waals surface area contributed by atoms with Crippen molar-refractivity contribution in [3.05, 3.63) is 0 Å². The van der Waals surface area contributed by atoms with E-state index < -0.39 is 0 Å². The molecule has 0 heterocycles. The van der Waals surface area contributed by atoms with Crippen LogP contribution in [-0.2, 0) is 0 Å². The summed E-state index contributed by atoms with van der Waals surface area (Å²) in [6.45, 7) is 4.58. The highest BCUT2D eigenvalue weighted by Gasteiger charge is 2.27. The lowest BCUT2D eigenvalue weighted by Crippen LogP contribution is -2.28. The van der Waals surface area contributed by atoms with Crippen molar-refractivity contribution in [2.24, 2.45) is 11.8 Å². The van der Waals surface area contributed by atoms with Gasteiger partial charge in [0.1, 0.15) is 0 Å². The molecule has 19 heavy (non-hydrogen) atoms. The van der Waals surface area contributed by atoms with E-state index in [1.807, 2.05) is 0 Å². The van der Waals surface area contributed by atoms with Crippen molar-refractivity contribution >= 4 is 0 Å². The zero-order valence-electron chi connectivity index (χ0n) is 13.4. The Hall–Kier alpha value is -0.0400. The maximum atomic E-state index is 10.1. The van der Waals surface area contributed by atoms with Crippen molar-refractivity contribution in [1.29, 1.82) is 0 Å². The summed E-state index contributed by atoms with van der Waals surface area (Å²) in [6, 6.07) is 0. The van der Waals surface area contributed by atoms with E-state index in [9.17, 15) is 5.11 Å². The van der Waals surface area contributed by atoms with Gasteiger partial charge in [0.2, 0.25) is 0 Å². The molecule has 3 atom stereocenters. The molecule has 0 aromatic rings. The lowest BCUT2D eigenvalue weighted by molar-refractivity contribution is 0.0417. The topological polar surface area (TPSA) is 20.2 Å². The lowest BCUT2D eigenvalue weighted by Gasteiger charge is -2.33. The van der Waals surface area contributed by atoms with Crippen molar-refractivity contribution in [1.82, 2.24) is 0 Å². The van der Waals surface area contributed by atoms with Crippen LogP contribution in [0.2, 0.25) is 0 Å². The average molecular weight is 268 g/mol. The van der Waals surface area contributed by atoms with E-state index in [4.69, 9.17) is 0 Å². The predicted molar refractivity (Wildman–Crippen MR) is 84.4 cm³/mol. The van der Waals surface area contributed by atoms with Crippen molar-refractivity contribution in [3.8, 4) is 0 Å². The Morgan fingerprint density at radius 1 is 0.842 bits per heavy atom. The Morgan fingerprint density at radius 2 is 1.47 bits per heavy atom. The standard InChI is InChI=1S/C18H36O/c1-3-5-6-7-8-9-10-11-12-17-15-16(4-2)13-14-18(17)19/h16-19H,3-15H2,1-2H3. The molecule has 0 aromatic heterocycles. The Balaban J connectivity index is 1.98. The molecule has 0 amide bonds. The molecule has 1 heteroatoms. The molecular weight excluding hydrogens is 232 g/mol. The number of aliphatic hydroxyl groups is 1. The zero-order valence-corrected chi connectivity index (χ0v) is 13.4. The molecule has 1 N–H and O–H groups in total. The number of aliphatic hydroxyl groups excluding tert-OH is 1. The summed E-state index contributed by atoms with van der Waals surface area (Å²) in [5.41, 5.74) is 0. The molecule has 0 bridgehead atoms. The molecule has 1 aliphatic rings. The quantitative estimate of drug-likeness (QED) is 0.503. The maximum Gasteiger partial charge on any atom is 0.0568 e. The van der Waals surface area contributed by atoms with Gasteiger partial charge >= 0.3 is 0 Å². The predicted octanol–water partition coefficient (Wildman–Crippen LogP) is 5.70. The normalized spacial score (nSPS) is 27.6. The number of unbranched alkanes of at least 4 members (excludes halogenated alkanes) is 7. The third kappa shape index (κ3) is 7.34. The van der Waals surface area contributed by atoms with Gasteiger partial charge in [-0.2, -0.15) is 0 Å². The second-order valence-corrected chi connectivity index (χ2v) is 6.68. The molecule has 1 nitrogen and oxygen atoms in total. The molecule has 1 fully saturated rings. The van der Waals surface area contributed by atoms with Crippen LogP contribution in [0.1, 0.15) is 97.3 Å². The highest BCUT2D eigenvalue weighted by Crippen LogP contribution is 2.34. The van der Waals surface area contributed by atoms with Crippen molar-refractivity contribution in [2.75, 3.05) is 0 Å². The van der Waals surface area contributed by atoms with Crippen molar-refractivity contribution < 1.29 is 5.11 Å². The largest absolute Gasteiger partial charge is 0.393 e. The van der Waals surface area contributed by atoms with Crippen molar-refractivity contribution in [2.45, 2.75) is 103 Å². The molecule has 0 aromatic carbocycles. The first kappa shape index (κ1) is 17.0.